The van der Waals surface area contributed by atoms with Gasteiger partial charge in [-0.2, -0.15) is 15.3 Å². The van der Waals surface area contributed by atoms with E-state index in [0.717, 1.165) is 22.2 Å². The molecule has 0 aliphatic carbocycles. The molecule has 0 unspecified atom stereocenters. The largest absolute Gasteiger partial charge is 0.359 e. The van der Waals surface area contributed by atoms with Gasteiger partial charge >= 0.3 is 11.4 Å². The predicted molar refractivity (Wildman–Crippen MR) is 136 cm³/mol. The third-order valence-corrected chi connectivity index (χ3v) is 6.11. The first-order valence-electron chi connectivity index (χ1n) is 11.1. The Hall–Kier alpha value is -4.89. The Morgan fingerprint density at radius 2 is 1.95 bits per heavy atom. The quantitative estimate of drug-likeness (QED) is 0.365. The molecule has 190 valence electrons. The van der Waals surface area contributed by atoms with E-state index in [1.165, 1.54) is 25.3 Å². The first-order valence-corrected chi connectivity index (χ1v) is 11.5. The first kappa shape index (κ1) is 24.8. The Kier molecular flexibility index (Phi) is 6.22. The molecule has 0 spiro atoms. The maximum absolute atomic E-state index is 14.9. The second-order valence-corrected chi connectivity index (χ2v) is 8.86. The van der Waals surface area contributed by atoms with Crippen molar-refractivity contribution in [3.05, 3.63) is 103 Å². The molecule has 38 heavy (non-hydrogen) atoms. The summed E-state index contributed by atoms with van der Waals surface area (Å²) in [6.45, 7) is 1.20. The van der Waals surface area contributed by atoms with E-state index in [0.29, 0.717) is 21.3 Å². The number of hydrogen-bond acceptors (Lipinski definition) is 7. The molecule has 3 aromatic heterocycles. The molecular weight excluding hydrogens is 518 g/mol. The maximum atomic E-state index is 14.9. The van der Waals surface area contributed by atoms with E-state index >= 15 is 0 Å². The van der Waals surface area contributed by atoms with Gasteiger partial charge in [-0.25, -0.2) is 22.9 Å². The first-order chi connectivity index (χ1) is 18.2. The standard InChI is InChI=1S/C25H17ClF2N8O2/c1-13-9-30-10-21(22(13)28)36-24(37)32-23(31-20-6-16-12-34(2)33-19(16)7-17(20)26)35(25(36)38)11-14-3-4-18(27)15(5-14)8-29/h3-7,9-10,12H,11H2,1-2H3,(H,31,32,37). The van der Waals surface area contributed by atoms with Crippen molar-refractivity contribution in [2.45, 2.75) is 13.5 Å². The average Bonchev–Trinajstić information content (AvgIpc) is 3.23. The number of hydrogen-bond donors (Lipinski definition) is 1. The summed E-state index contributed by atoms with van der Waals surface area (Å²) in [7, 11) is 1.75. The van der Waals surface area contributed by atoms with Crippen LogP contribution in [0.5, 0.6) is 0 Å². The SMILES string of the molecule is Cc1cncc(-n2c(=O)nc(Nc3cc4cn(C)nc4cc3Cl)n(Cc3ccc(F)c(C#N)c3)c2=O)c1F. The van der Waals surface area contributed by atoms with Crippen molar-refractivity contribution in [1.29, 1.82) is 5.26 Å². The highest BCUT2D eigenvalue weighted by molar-refractivity contribution is 6.34. The number of aromatic nitrogens is 6. The summed E-state index contributed by atoms with van der Waals surface area (Å²) < 4.78 is 32.0. The van der Waals surface area contributed by atoms with Crippen molar-refractivity contribution in [3.63, 3.8) is 0 Å². The van der Waals surface area contributed by atoms with Gasteiger partial charge in [0, 0.05) is 30.4 Å². The summed E-state index contributed by atoms with van der Waals surface area (Å²) >= 11 is 6.43. The summed E-state index contributed by atoms with van der Waals surface area (Å²) in [6.07, 6.45) is 4.05. The lowest BCUT2D eigenvalue weighted by Crippen LogP contribution is -2.42. The summed E-state index contributed by atoms with van der Waals surface area (Å²) in [5.74, 6) is -1.74. The molecule has 0 saturated carbocycles. The zero-order valence-electron chi connectivity index (χ0n) is 19.9. The molecule has 5 rings (SSSR count). The third-order valence-electron chi connectivity index (χ3n) is 5.79. The molecule has 5 aromatic rings. The molecule has 0 bridgehead atoms. The lowest BCUT2D eigenvalue weighted by atomic mass is 10.1. The molecular formula is C25H17ClF2N8O2. The number of nitriles is 1. The van der Waals surface area contributed by atoms with Crippen LogP contribution in [0.25, 0.3) is 16.6 Å². The van der Waals surface area contributed by atoms with Crippen molar-refractivity contribution in [2.75, 3.05) is 5.32 Å². The number of nitrogens with one attached hydrogen (secondary N) is 1. The fourth-order valence-electron chi connectivity index (χ4n) is 3.95. The smallest absolute Gasteiger partial charge is 0.324 e. The number of anilines is 2. The number of rotatable bonds is 5. The van der Waals surface area contributed by atoms with Gasteiger partial charge in [0.1, 0.15) is 17.6 Å². The van der Waals surface area contributed by atoms with E-state index < -0.39 is 23.0 Å². The van der Waals surface area contributed by atoms with Gasteiger partial charge < -0.3 is 5.32 Å². The second kappa shape index (κ2) is 9.53. The molecule has 0 aliphatic heterocycles. The van der Waals surface area contributed by atoms with Crippen LogP contribution in [0.4, 0.5) is 20.4 Å². The summed E-state index contributed by atoms with van der Waals surface area (Å²) in [4.78, 5) is 34.6. The van der Waals surface area contributed by atoms with Crippen LogP contribution >= 0.6 is 11.6 Å². The van der Waals surface area contributed by atoms with Crippen LogP contribution in [0.15, 0.2) is 58.5 Å². The van der Waals surface area contributed by atoms with Crippen LogP contribution in [0.2, 0.25) is 5.02 Å². The number of aryl methyl sites for hydroxylation is 2. The van der Waals surface area contributed by atoms with E-state index in [2.05, 4.69) is 20.4 Å². The van der Waals surface area contributed by atoms with Crippen LogP contribution in [0, 0.1) is 29.9 Å². The minimum Gasteiger partial charge on any atom is -0.324 e. The van der Waals surface area contributed by atoms with Gasteiger partial charge in [0.25, 0.3) is 0 Å². The topological polar surface area (TPSA) is 123 Å². The Balaban J connectivity index is 1.71. The molecule has 0 atom stereocenters. The Morgan fingerprint density at radius 3 is 2.71 bits per heavy atom. The average molecular weight is 535 g/mol. The minimum atomic E-state index is -1.06. The number of halogens is 3. The van der Waals surface area contributed by atoms with E-state index in [1.807, 2.05) is 0 Å². The zero-order valence-corrected chi connectivity index (χ0v) is 20.7. The van der Waals surface area contributed by atoms with Gasteiger partial charge in [0.2, 0.25) is 5.95 Å². The molecule has 0 fully saturated rings. The number of nitrogens with zero attached hydrogens (tertiary/aromatic N) is 7. The highest BCUT2D eigenvalue weighted by Crippen LogP contribution is 2.29. The molecule has 0 saturated heterocycles. The van der Waals surface area contributed by atoms with Gasteiger partial charge in [0.15, 0.2) is 5.82 Å². The van der Waals surface area contributed by atoms with Crippen molar-refractivity contribution in [1.82, 2.24) is 28.9 Å². The van der Waals surface area contributed by atoms with Gasteiger partial charge in [-0.3, -0.25) is 14.2 Å². The van der Waals surface area contributed by atoms with Crippen LogP contribution in [0.1, 0.15) is 16.7 Å². The van der Waals surface area contributed by atoms with E-state index in [-0.39, 0.29) is 34.3 Å². The number of pyridine rings is 1. The molecule has 0 aliphatic rings. The number of fused-ring (bicyclic) bond motifs is 1. The molecule has 10 nitrogen and oxygen atoms in total. The Morgan fingerprint density at radius 1 is 1.16 bits per heavy atom. The van der Waals surface area contributed by atoms with Crippen LogP contribution in [0.3, 0.4) is 0 Å². The fraction of sp³-hybridized carbons (Fsp3) is 0.120. The van der Waals surface area contributed by atoms with Gasteiger partial charge in [-0.15, -0.1) is 0 Å². The number of benzene rings is 2. The molecule has 3 heterocycles. The van der Waals surface area contributed by atoms with E-state index in [9.17, 15) is 23.6 Å². The van der Waals surface area contributed by atoms with Crippen LogP contribution < -0.4 is 16.7 Å². The van der Waals surface area contributed by atoms with Gasteiger partial charge in [-0.1, -0.05) is 17.7 Å². The zero-order chi connectivity index (χ0) is 27.1. The van der Waals surface area contributed by atoms with Gasteiger partial charge in [0.05, 0.1) is 34.5 Å². The Labute approximate surface area is 218 Å². The molecule has 2 aromatic carbocycles. The van der Waals surface area contributed by atoms with Gasteiger partial charge in [-0.05, 0) is 36.8 Å². The summed E-state index contributed by atoms with van der Waals surface area (Å²) in [6, 6.07) is 8.76. The van der Waals surface area contributed by atoms with Crippen LogP contribution in [-0.4, -0.2) is 28.9 Å². The van der Waals surface area contributed by atoms with Crippen molar-refractivity contribution < 1.29 is 8.78 Å². The van der Waals surface area contributed by atoms with Crippen LogP contribution in [-0.2, 0) is 13.6 Å². The monoisotopic (exact) mass is 534 g/mol. The van der Waals surface area contributed by atoms with Crippen molar-refractivity contribution in [2.24, 2.45) is 7.05 Å². The molecule has 1 N–H and O–H groups in total. The molecule has 0 radical (unpaired) electrons. The van der Waals surface area contributed by atoms with Crippen molar-refractivity contribution >= 4 is 34.1 Å². The third kappa shape index (κ3) is 4.39. The maximum Gasteiger partial charge on any atom is 0.359 e. The summed E-state index contributed by atoms with van der Waals surface area (Å²) in [5.41, 5.74) is -1.18. The molecule has 0 amide bonds. The Bertz CT molecular complexity index is 1910. The second-order valence-electron chi connectivity index (χ2n) is 8.46. The highest BCUT2D eigenvalue weighted by Gasteiger charge is 2.20. The summed E-state index contributed by atoms with van der Waals surface area (Å²) in [5, 5.41) is 17.4. The minimum absolute atomic E-state index is 0.122. The lowest BCUT2D eigenvalue weighted by molar-refractivity contribution is 0.584. The van der Waals surface area contributed by atoms with E-state index in [4.69, 9.17) is 11.6 Å². The lowest BCUT2D eigenvalue weighted by Gasteiger charge is -2.17. The normalized spacial score (nSPS) is 11.1. The fourth-order valence-corrected chi connectivity index (χ4v) is 4.16. The molecule has 13 heteroatoms. The van der Waals surface area contributed by atoms with E-state index in [1.54, 1.807) is 36.1 Å². The van der Waals surface area contributed by atoms with Crippen molar-refractivity contribution in [3.8, 4) is 11.8 Å². The predicted octanol–water partition coefficient (Wildman–Crippen LogP) is 3.58. The highest BCUT2D eigenvalue weighted by atomic mass is 35.5.